The first-order valence-electron chi connectivity index (χ1n) is 10.2. The Morgan fingerprint density at radius 3 is 2.47 bits per heavy atom. The summed E-state index contributed by atoms with van der Waals surface area (Å²) in [6.07, 6.45) is 1.34. The van der Waals surface area contributed by atoms with Crippen LogP contribution in [0.4, 0.5) is 0 Å². The van der Waals surface area contributed by atoms with Crippen molar-refractivity contribution in [2.45, 2.75) is 45.0 Å². The molecule has 7 heteroatoms. The Bertz CT molecular complexity index is 927. The number of aryl methyl sites for hydroxylation is 1. The third-order valence-corrected chi connectivity index (χ3v) is 5.49. The summed E-state index contributed by atoms with van der Waals surface area (Å²) < 4.78 is 13.0. The van der Waals surface area contributed by atoms with Gasteiger partial charge in [0.15, 0.2) is 11.0 Å². The van der Waals surface area contributed by atoms with E-state index < -0.39 is 0 Å². The number of hydrogen-bond donors (Lipinski definition) is 0. The van der Waals surface area contributed by atoms with Gasteiger partial charge in [-0.05, 0) is 36.6 Å². The van der Waals surface area contributed by atoms with Crippen LogP contribution in [0.3, 0.4) is 0 Å². The van der Waals surface area contributed by atoms with Crippen LogP contribution in [0.2, 0.25) is 0 Å². The molecule has 0 amide bonds. The van der Waals surface area contributed by atoms with Gasteiger partial charge in [0.1, 0.15) is 12.4 Å². The number of hydrogen-bond acceptors (Lipinski definition) is 6. The van der Waals surface area contributed by atoms with E-state index in [4.69, 9.17) is 9.47 Å². The Kier molecular flexibility index (Phi) is 8.32. The Labute approximate surface area is 181 Å². The number of thioether (sulfide) groups is 1. The Hall–Kier alpha value is -2.80. The summed E-state index contributed by atoms with van der Waals surface area (Å²) in [6.45, 7) is 5.30. The van der Waals surface area contributed by atoms with Crippen molar-refractivity contribution in [3.05, 3.63) is 71.5 Å². The van der Waals surface area contributed by atoms with Crippen LogP contribution in [0.5, 0.6) is 5.75 Å². The molecule has 2 aromatic carbocycles. The number of esters is 1. The molecule has 0 atom stereocenters. The molecule has 6 nitrogen and oxygen atoms in total. The first kappa shape index (κ1) is 21.9. The largest absolute Gasteiger partial charge is 0.486 e. The van der Waals surface area contributed by atoms with E-state index in [1.165, 1.54) is 17.3 Å². The van der Waals surface area contributed by atoms with Gasteiger partial charge in [0.05, 0.1) is 19.6 Å². The zero-order chi connectivity index (χ0) is 21.2. The van der Waals surface area contributed by atoms with E-state index >= 15 is 0 Å². The second-order valence-corrected chi connectivity index (χ2v) is 7.72. The van der Waals surface area contributed by atoms with Gasteiger partial charge in [0.25, 0.3) is 0 Å². The minimum Gasteiger partial charge on any atom is -0.486 e. The van der Waals surface area contributed by atoms with Crippen molar-refractivity contribution < 1.29 is 14.3 Å². The molecule has 0 fully saturated rings. The van der Waals surface area contributed by atoms with Crippen molar-refractivity contribution >= 4 is 17.7 Å². The Morgan fingerprint density at radius 2 is 1.77 bits per heavy atom. The van der Waals surface area contributed by atoms with Crippen molar-refractivity contribution in [2.24, 2.45) is 0 Å². The number of nitrogens with zero attached hydrogens (tertiary/aromatic N) is 3. The summed E-state index contributed by atoms with van der Waals surface area (Å²) in [5, 5.41) is 9.45. The minimum absolute atomic E-state index is 0.196. The average Bonchev–Trinajstić information content (AvgIpc) is 3.15. The van der Waals surface area contributed by atoms with Crippen molar-refractivity contribution in [2.75, 3.05) is 12.4 Å². The molecule has 0 radical (unpaired) electrons. The second kappa shape index (κ2) is 11.4. The summed E-state index contributed by atoms with van der Waals surface area (Å²) in [5.74, 6) is 1.94. The zero-order valence-electron chi connectivity index (χ0n) is 17.4. The molecular formula is C23H27N3O3S. The molecule has 0 aliphatic rings. The number of ether oxygens (including phenoxy) is 2. The van der Waals surface area contributed by atoms with Crippen molar-refractivity contribution in [1.29, 1.82) is 0 Å². The van der Waals surface area contributed by atoms with Gasteiger partial charge < -0.3 is 9.47 Å². The molecule has 0 N–H and O–H groups in total. The standard InChI is InChI=1S/C23H27N3O3S/c1-3-18-10-12-20(13-11-18)29-17-21-24-25-23(30-15-14-22(27)28-4-2)26(21)16-19-8-6-5-7-9-19/h5-13H,3-4,14-17H2,1-2H3. The molecule has 158 valence electrons. The van der Waals surface area contributed by atoms with E-state index in [2.05, 4.69) is 41.4 Å². The van der Waals surface area contributed by atoms with Crippen LogP contribution in [0.15, 0.2) is 59.8 Å². The van der Waals surface area contributed by atoms with Crippen LogP contribution >= 0.6 is 11.8 Å². The molecule has 0 bridgehead atoms. The molecular weight excluding hydrogens is 398 g/mol. The molecule has 0 aliphatic heterocycles. The molecule has 0 aliphatic carbocycles. The average molecular weight is 426 g/mol. The van der Waals surface area contributed by atoms with Gasteiger partial charge in [-0.2, -0.15) is 0 Å². The van der Waals surface area contributed by atoms with Crippen molar-refractivity contribution in [3.8, 4) is 5.75 Å². The number of rotatable bonds is 11. The predicted molar refractivity (Wildman–Crippen MR) is 118 cm³/mol. The quantitative estimate of drug-likeness (QED) is 0.333. The van der Waals surface area contributed by atoms with Crippen molar-refractivity contribution in [1.82, 2.24) is 14.8 Å². The topological polar surface area (TPSA) is 66.2 Å². The molecule has 0 saturated carbocycles. The van der Waals surface area contributed by atoms with Gasteiger partial charge in [-0.25, -0.2) is 0 Å². The van der Waals surface area contributed by atoms with Crippen LogP contribution < -0.4 is 4.74 Å². The van der Waals surface area contributed by atoms with Gasteiger partial charge in [-0.1, -0.05) is 61.2 Å². The lowest BCUT2D eigenvalue weighted by Gasteiger charge is -2.11. The van der Waals surface area contributed by atoms with Gasteiger partial charge in [-0.3, -0.25) is 9.36 Å². The first-order valence-corrected chi connectivity index (χ1v) is 11.1. The highest BCUT2D eigenvalue weighted by molar-refractivity contribution is 7.99. The fourth-order valence-electron chi connectivity index (χ4n) is 2.89. The second-order valence-electron chi connectivity index (χ2n) is 6.66. The van der Waals surface area contributed by atoms with Gasteiger partial charge in [0, 0.05) is 5.75 Å². The normalized spacial score (nSPS) is 10.7. The van der Waals surface area contributed by atoms with Crippen LogP contribution in [-0.2, 0) is 29.1 Å². The van der Waals surface area contributed by atoms with E-state index in [1.807, 2.05) is 41.8 Å². The lowest BCUT2D eigenvalue weighted by molar-refractivity contribution is -0.142. The Morgan fingerprint density at radius 1 is 1.00 bits per heavy atom. The number of carbonyl (C=O) groups is 1. The number of aromatic nitrogens is 3. The van der Waals surface area contributed by atoms with E-state index in [0.717, 1.165) is 28.7 Å². The molecule has 0 unspecified atom stereocenters. The summed E-state index contributed by atoms with van der Waals surface area (Å²) in [6, 6.07) is 18.3. The maximum absolute atomic E-state index is 11.6. The molecule has 0 saturated heterocycles. The molecule has 1 heterocycles. The maximum atomic E-state index is 11.6. The van der Waals surface area contributed by atoms with Gasteiger partial charge in [-0.15, -0.1) is 10.2 Å². The molecule has 3 rings (SSSR count). The van der Waals surface area contributed by atoms with Crippen LogP contribution in [0, 0.1) is 0 Å². The van der Waals surface area contributed by atoms with E-state index in [-0.39, 0.29) is 5.97 Å². The maximum Gasteiger partial charge on any atom is 0.306 e. The van der Waals surface area contributed by atoms with Gasteiger partial charge >= 0.3 is 5.97 Å². The fourth-order valence-corrected chi connectivity index (χ4v) is 3.76. The molecule has 0 spiro atoms. The zero-order valence-corrected chi connectivity index (χ0v) is 18.2. The fraction of sp³-hybridized carbons (Fsp3) is 0.348. The smallest absolute Gasteiger partial charge is 0.306 e. The highest BCUT2D eigenvalue weighted by Crippen LogP contribution is 2.21. The minimum atomic E-state index is -0.196. The van der Waals surface area contributed by atoms with Gasteiger partial charge in [0.2, 0.25) is 0 Å². The summed E-state index contributed by atoms with van der Waals surface area (Å²) in [4.78, 5) is 11.6. The highest BCUT2D eigenvalue weighted by atomic mass is 32.2. The SMILES string of the molecule is CCOC(=O)CCSc1nnc(COc2ccc(CC)cc2)n1Cc1ccccc1. The third-order valence-electron chi connectivity index (χ3n) is 4.52. The summed E-state index contributed by atoms with van der Waals surface area (Å²) >= 11 is 1.50. The summed E-state index contributed by atoms with van der Waals surface area (Å²) in [5.41, 5.74) is 2.42. The molecule has 1 aromatic heterocycles. The highest BCUT2D eigenvalue weighted by Gasteiger charge is 2.15. The number of benzene rings is 2. The monoisotopic (exact) mass is 425 g/mol. The van der Waals surface area contributed by atoms with E-state index in [0.29, 0.717) is 31.9 Å². The van der Waals surface area contributed by atoms with E-state index in [9.17, 15) is 4.79 Å². The number of carbonyl (C=O) groups excluding carboxylic acids is 1. The van der Waals surface area contributed by atoms with Crippen LogP contribution in [0.1, 0.15) is 37.2 Å². The van der Waals surface area contributed by atoms with Crippen LogP contribution in [-0.4, -0.2) is 33.1 Å². The molecule has 3 aromatic rings. The van der Waals surface area contributed by atoms with Crippen LogP contribution in [0.25, 0.3) is 0 Å². The summed E-state index contributed by atoms with van der Waals surface area (Å²) in [7, 11) is 0. The predicted octanol–water partition coefficient (Wildman–Crippen LogP) is 4.51. The first-order chi connectivity index (χ1) is 14.7. The third kappa shape index (κ3) is 6.35. The van der Waals surface area contributed by atoms with Crippen molar-refractivity contribution in [3.63, 3.8) is 0 Å². The Balaban J connectivity index is 1.70. The van der Waals surface area contributed by atoms with E-state index in [1.54, 1.807) is 0 Å². The lowest BCUT2D eigenvalue weighted by atomic mass is 10.2. The lowest BCUT2D eigenvalue weighted by Crippen LogP contribution is -2.10. The molecule has 30 heavy (non-hydrogen) atoms.